The second-order valence-corrected chi connectivity index (χ2v) is 7.05. The van der Waals surface area contributed by atoms with Crippen molar-refractivity contribution in [3.8, 4) is 16.9 Å². The van der Waals surface area contributed by atoms with Gasteiger partial charge in [0, 0.05) is 22.3 Å². The zero-order valence-electron chi connectivity index (χ0n) is 14.8. The van der Waals surface area contributed by atoms with Crippen molar-refractivity contribution in [2.75, 3.05) is 0 Å². The van der Waals surface area contributed by atoms with Crippen LogP contribution in [0.25, 0.3) is 11.1 Å². The van der Waals surface area contributed by atoms with Gasteiger partial charge in [0.05, 0.1) is 6.54 Å². The largest absolute Gasteiger partial charge is 0.507 e. The van der Waals surface area contributed by atoms with Gasteiger partial charge in [-0.15, -0.1) is 0 Å². The SMILES string of the molecule is Cc1cc(CN2C(=O)C3=C(CCCC3)C2=O)c(O)c(-c2ccccc2)c1. The maximum absolute atomic E-state index is 12.7. The zero-order chi connectivity index (χ0) is 18.3. The monoisotopic (exact) mass is 347 g/mol. The molecule has 1 heterocycles. The smallest absolute Gasteiger partial charge is 0.257 e. The molecule has 0 fully saturated rings. The molecule has 1 aliphatic carbocycles. The first kappa shape index (κ1) is 16.6. The van der Waals surface area contributed by atoms with Crippen molar-refractivity contribution in [3.63, 3.8) is 0 Å². The fourth-order valence-electron chi connectivity index (χ4n) is 3.92. The molecule has 0 radical (unpaired) electrons. The molecule has 4 heteroatoms. The number of phenolic OH excluding ortho intramolecular Hbond substituents is 1. The van der Waals surface area contributed by atoms with E-state index in [1.807, 2.05) is 49.4 Å². The third kappa shape index (κ3) is 2.71. The summed E-state index contributed by atoms with van der Waals surface area (Å²) in [5.74, 6) is -0.244. The minimum atomic E-state index is -0.188. The van der Waals surface area contributed by atoms with Crippen LogP contribution in [-0.4, -0.2) is 21.8 Å². The third-order valence-electron chi connectivity index (χ3n) is 5.22. The number of aromatic hydroxyl groups is 1. The van der Waals surface area contributed by atoms with Gasteiger partial charge in [-0.3, -0.25) is 14.5 Å². The van der Waals surface area contributed by atoms with Gasteiger partial charge >= 0.3 is 0 Å². The van der Waals surface area contributed by atoms with Gasteiger partial charge in [-0.2, -0.15) is 0 Å². The standard InChI is InChI=1S/C22H21NO3/c1-14-11-16(20(24)19(12-14)15-7-3-2-4-8-15)13-23-21(25)17-9-5-6-10-18(17)22(23)26/h2-4,7-8,11-12,24H,5-6,9-10,13H2,1H3. The summed E-state index contributed by atoms with van der Waals surface area (Å²) in [5.41, 5.74) is 4.57. The van der Waals surface area contributed by atoms with Crippen molar-refractivity contribution in [1.82, 2.24) is 4.90 Å². The molecule has 0 unspecified atom stereocenters. The Balaban J connectivity index is 1.69. The zero-order valence-corrected chi connectivity index (χ0v) is 14.8. The van der Waals surface area contributed by atoms with E-state index in [1.54, 1.807) is 0 Å². The van der Waals surface area contributed by atoms with Gasteiger partial charge in [-0.1, -0.05) is 36.4 Å². The van der Waals surface area contributed by atoms with Crippen molar-refractivity contribution in [2.24, 2.45) is 0 Å². The second-order valence-electron chi connectivity index (χ2n) is 7.05. The lowest BCUT2D eigenvalue weighted by Crippen LogP contribution is -2.31. The van der Waals surface area contributed by atoms with Gasteiger partial charge in [0.25, 0.3) is 11.8 Å². The predicted molar refractivity (Wildman–Crippen MR) is 99.3 cm³/mol. The molecule has 2 amide bonds. The highest BCUT2D eigenvalue weighted by Crippen LogP contribution is 2.37. The van der Waals surface area contributed by atoms with Crippen molar-refractivity contribution >= 4 is 11.8 Å². The summed E-state index contributed by atoms with van der Waals surface area (Å²) < 4.78 is 0. The molecule has 26 heavy (non-hydrogen) atoms. The summed E-state index contributed by atoms with van der Waals surface area (Å²) in [7, 11) is 0. The van der Waals surface area contributed by atoms with Crippen LogP contribution < -0.4 is 0 Å². The highest BCUT2D eigenvalue weighted by molar-refractivity contribution is 6.19. The van der Waals surface area contributed by atoms with Gasteiger partial charge in [-0.05, 0) is 49.8 Å². The van der Waals surface area contributed by atoms with E-state index >= 15 is 0 Å². The van der Waals surface area contributed by atoms with Crippen LogP contribution in [0.4, 0.5) is 0 Å². The lowest BCUT2D eigenvalue weighted by Gasteiger charge is -2.18. The van der Waals surface area contributed by atoms with E-state index in [4.69, 9.17) is 0 Å². The van der Waals surface area contributed by atoms with Crippen molar-refractivity contribution < 1.29 is 14.7 Å². The molecule has 4 rings (SSSR count). The number of carbonyl (C=O) groups excluding carboxylic acids is 2. The number of nitrogens with zero attached hydrogens (tertiary/aromatic N) is 1. The van der Waals surface area contributed by atoms with Crippen LogP contribution in [0, 0.1) is 6.92 Å². The second kappa shape index (κ2) is 6.45. The van der Waals surface area contributed by atoms with E-state index < -0.39 is 0 Å². The summed E-state index contributed by atoms with van der Waals surface area (Å²) in [6.07, 6.45) is 3.29. The number of carbonyl (C=O) groups is 2. The number of amides is 2. The summed E-state index contributed by atoms with van der Waals surface area (Å²) >= 11 is 0. The maximum Gasteiger partial charge on any atom is 0.257 e. The number of hydrogen-bond donors (Lipinski definition) is 1. The molecular formula is C22H21NO3. The molecular weight excluding hydrogens is 326 g/mol. The van der Waals surface area contributed by atoms with Gasteiger partial charge in [0.1, 0.15) is 5.75 Å². The van der Waals surface area contributed by atoms with Gasteiger partial charge < -0.3 is 5.11 Å². The first-order valence-corrected chi connectivity index (χ1v) is 9.02. The Morgan fingerprint density at radius 3 is 2.19 bits per heavy atom. The quantitative estimate of drug-likeness (QED) is 0.850. The Morgan fingerprint density at radius 1 is 0.962 bits per heavy atom. The average Bonchev–Trinajstić information content (AvgIpc) is 2.90. The normalized spacial score (nSPS) is 17.0. The molecule has 1 aliphatic heterocycles. The van der Waals surface area contributed by atoms with Crippen LogP contribution in [0.1, 0.15) is 36.8 Å². The molecule has 0 spiro atoms. The number of aryl methyl sites for hydroxylation is 1. The van der Waals surface area contributed by atoms with Gasteiger partial charge in [-0.25, -0.2) is 0 Å². The van der Waals surface area contributed by atoms with Crippen LogP contribution >= 0.6 is 0 Å². The molecule has 4 nitrogen and oxygen atoms in total. The summed E-state index contributed by atoms with van der Waals surface area (Å²) in [6.45, 7) is 2.06. The molecule has 132 valence electrons. The number of imide groups is 1. The van der Waals surface area contributed by atoms with Crippen LogP contribution in [-0.2, 0) is 16.1 Å². The lowest BCUT2D eigenvalue weighted by molar-refractivity contribution is -0.138. The van der Waals surface area contributed by atoms with E-state index in [2.05, 4.69) is 0 Å². The molecule has 2 aliphatic rings. The van der Waals surface area contributed by atoms with E-state index in [0.29, 0.717) is 29.6 Å². The number of benzene rings is 2. The first-order chi connectivity index (χ1) is 12.6. The summed E-state index contributed by atoms with van der Waals surface area (Å²) in [5, 5.41) is 10.8. The van der Waals surface area contributed by atoms with Crippen LogP contribution in [0.15, 0.2) is 53.6 Å². The number of hydrogen-bond acceptors (Lipinski definition) is 3. The Hall–Kier alpha value is -2.88. The number of rotatable bonds is 3. The van der Waals surface area contributed by atoms with Crippen molar-refractivity contribution in [2.45, 2.75) is 39.2 Å². The third-order valence-corrected chi connectivity index (χ3v) is 5.22. The van der Waals surface area contributed by atoms with E-state index in [0.717, 1.165) is 29.5 Å². The van der Waals surface area contributed by atoms with Crippen LogP contribution in [0.2, 0.25) is 0 Å². The first-order valence-electron chi connectivity index (χ1n) is 9.02. The Labute approximate surface area is 152 Å². The summed E-state index contributed by atoms with van der Waals surface area (Å²) in [6, 6.07) is 13.4. The fraction of sp³-hybridized carbons (Fsp3) is 0.273. The molecule has 1 N–H and O–H groups in total. The average molecular weight is 347 g/mol. The van der Waals surface area contributed by atoms with Crippen molar-refractivity contribution in [1.29, 1.82) is 0 Å². The Bertz CT molecular complexity index is 900. The highest BCUT2D eigenvalue weighted by Gasteiger charge is 2.39. The highest BCUT2D eigenvalue weighted by atomic mass is 16.3. The van der Waals surface area contributed by atoms with E-state index in [1.165, 1.54) is 4.90 Å². The topological polar surface area (TPSA) is 57.6 Å². The Morgan fingerprint density at radius 2 is 1.58 bits per heavy atom. The molecule has 2 aromatic carbocycles. The molecule has 0 bridgehead atoms. The summed E-state index contributed by atoms with van der Waals surface area (Å²) in [4.78, 5) is 26.6. The molecule has 0 saturated carbocycles. The Kier molecular flexibility index (Phi) is 4.11. The minimum absolute atomic E-state index is 0.109. The van der Waals surface area contributed by atoms with Gasteiger partial charge in [0.2, 0.25) is 0 Å². The van der Waals surface area contributed by atoms with E-state index in [9.17, 15) is 14.7 Å². The lowest BCUT2D eigenvalue weighted by atomic mass is 9.93. The van der Waals surface area contributed by atoms with Crippen LogP contribution in [0.3, 0.4) is 0 Å². The van der Waals surface area contributed by atoms with E-state index in [-0.39, 0.29) is 24.1 Å². The van der Waals surface area contributed by atoms with Crippen molar-refractivity contribution in [3.05, 3.63) is 64.7 Å². The fourth-order valence-corrected chi connectivity index (χ4v) is 3.92. The van der Waals surface area contributed by atoms with Crippen LogP contribution in [0.5, 0.6) is 5.75 Å². The molecule has 0 atom stereocenters. The molecule has 0 aromatic heterocycles. The van der Waals surface area contributed by atoms with Gasteiger partial charge in [0.15, 0.2) is 0 Å². The molecule has 2 aromatic rings. The predicted octanol–water partition coefficient (Wildman–Crippen LogP) is 4.11. The maximum atomic E-state index is 12.7. The minimum Gasteiger partial charge on any atom is -0.507 e. The number of phenols is 1. The molecule has 0 saturated heterocycles.